The Labute approximate surface area is 237 Å². The van der Waals surface area contributed by atoms with Gasteiger partial charge in [-0.25, -0.2) is 19.9 Å². The van der Waals surface area contributed by atoms with Crippen molar-refractivity contribution in [2.75, 3.05) is 11.1 Å². The van der Waals surface area contributed by atoms with Crippen LogP contribution in [-0.4, -0.2) is 53.3 Å². The minimum atomic E-state index is -0.568. The van der Waals surface area contributed by atoms with E-state index in [0.717, 1.165) is 29.6 Å². The third-order valence-corrected chi connectivity index (χ3v) is 8.47. The average molecular weight is 597 g/mol. The number of pyridine rings is 2. The summed E-state index contributed by atoms with van der Waals surface area (Å²) in [5, 5.41) is 3.51. The van der Waals surface area contributed by atoms with E-state index in [4.69, 9.17) is 10.7 Å². The molecule has 4 aromatic heterocycles. The molecular formula is C29H25BrN8O2. The molecule has 1 aromatic carbocycles. The first-order valence-electron chi connectivity index (χ1n) is 13.2. The van der Waals surface area contributed by atoms with Gasteiger partial charge in [-0.1, -0.05) is 36.4 Å². The SMILES string of the molecule is Nc1ncnc2c1c1nc(-c3ccccc3)ccc1n2CC(=O)N1[C@@H]2CC[C@@H]2C[C@H]1C(=O)Nc1cccc(Br)n1. The molecule has 11 heteroatoms. The highest BCUT2D eigenvalue weighted by Crippen LogP contribution is 2.44. The van der Waals surface area contributed by atoms with Crippen LogP contribution in [0.1, 0.15) is 19.3 Å². The van der Waals surface area contributed by atoms with Gasteiger partial charge in [0.1, 0.15) is 46.3 Å². The van der Waals surface area contributed by atoms with Crippen molar-refractivity contribution in [2.45, 2.75) is 37.9 Å². The minimum Gasteiger partial charge on any atom is -0.383 e. The van der Waals surface area contributed by atoms with Crippen LogP contribution in [0.3, 0.4) is 0 Å². The molecule has 1 saturated carbocycles. The predicted molar refractivity (Wildman–Crippen MR) is 155 cm³/mol. The molecule has 7 rings (SSSR count). The highest BCUT2D eigenvalue weighted by molar-refractivity contribution is 9.10. The number of carbonyl (C=O) groups excluding carboxylic acids is 2. The standard InChI is InChI=1S/C29H25BrN8O2/c30-22-7-4-8-23(35-22)36-29(40)21-13-17-9-11-19(17)38(21)24(39)14-37-20-12-10-18(16-5-2-1-3-6-16)34-26(20)25-27(31)32-15-33-28(25)37/h1-8,10,12,15,17,19,21H,9,11,13-14H2,(H2,31,32,33)(H,35,36,40)/t17-,19-,21+/m1/s1. The average Bonchev–Trinajstić information content (AvgIpc) is 3.40. The molecule has 3 N–H and O–H groups in total. The maximum absolute atomic E-state index is 14.0. The van der Waals surface area contributed by atoms with Crippen LogP contribution in [0.25, 0.3) is 33.3 Å². The van der Waals surface area contributed by atoms with Gasteiger partial charge in [0.15, 0.2) is 0 Å². The topological polar surface area (TPSA) is 132 Å². The number of aromatic nitrogens is 5. The summed E-state index contributed by atoms with van der Waals surface area (Å²) in [5.41, 5.74) is 9.98. The fourth-order valence-corrected chi connectivity index (χ4v) is 6.38. The van der Waals surface area contributed by atoms with Crippen LogP contribution in [0.2, 0.25) is 0 Å². The van der Waals surface area contributed by atoms with Gasteiger partial charge in [0.2, 0.25) is 11.8 Å². The Kier molecular flexibility index (Phi) is 5.96. The molecule has 0 unspecified atom stereocenters. The normalized spacial score (nSPS) is 19.9. The molecule has 0 spiro atoms. The van der Waals surface area contributed by atoms with Crippen LogP contribution in [0.4, 0.5) is 11.6 Å². The number of rotatable bonds is 5. The number of nitrogens with zero attached hydrogens (tertiary/aromatic N) is 6. The third kappa shape index (κ3) is 4.08. The third-order valence-electron chi connectivity index (χ3n) is 8.03. The first kappa shape index (κ1) is 24.6. The molecule has 2 amide bonds. The number of benzene rings is 1. The largest absolute Gasteiger partial charge is 0.383 e. The number of nitrogens with one attached hydrogen (secondary N) is 1. The van der Waals surface area contributed by atoms with Gasteiger partial charge in [0, 0.05) is 11.6 Å². The maximum atomic E-state index is 14.0. The Balaban J connectivity index is 1.24. The summed E-state index contributed by atoms with van der Waals surface area (Å²) in [6, 6.07) is 18.6. The zero-order valence-electron chi connectivity index (χ0n) is 21.4. The van der Waals surface area contributed by atoms with Gasteiger partial charge in [0.05, 0.1) is 16.6 Å². The van der Waals surface area contributed by atoms with E-state index in [1.807, 2.05) is 47.0 Å². The lowest BCUT2D eigenvalue weighted by atomic mass is 9.80. The van der Waals surface area contributed by atoms with Crippen LogP contribution >= 0.6 is 15.9 Å². The molecule has 10 nitrogen and oxygen atoms in total. The van der Waals surface area contributed by atoms with Gasteiger partial charge in [-0.2, -0.15) is 0 Å². The van der Waals surface area contributed by atoms with E-state index >= 15 is 0 Å². The second-order valence-corrected chi connectivity index (χ2v) is 11.1. The highest BCUT2D eigenvalue weighted by Gasteiger charge is 2.51. The molecule has 0 radical (unpaired) electrons. The molecular weight excluding hydrogens is 572 g/mol. The number of anilines is 2. The van der Waals surface area contributed by atoms with E-state index in [1.165, 1.54) is 6.33 Å². The summed E-state index contributed by atoms with van der Waals surface area (Å²) in [6.45, 7) is 0.00491. The second kappa shape index (κ2) is 9.67. The monoisotopic (exact) mass is 596 g/mol. The molecule has 40 heavy (non-hydrogen) atoms. The molecule has 5 heterocycles. The summed E-state index contributed by atoms with van der Waals surface area (Å²) in [4.78, 5) is 47.1. The van der Waals surface area contributed by atoms with Crippen molar-refractivity contribution in [3.63, 3.8) is 0 Å². The summed E-state index contributed by atoms with van der Waals surface area (Å²) in [5.74, 6) is 0.703. The molecule has 1 aliphatic heterocycles. The van der Waals surface area contributed by atoms with Crippen molar-refractivity contribution in [1.29, 1.82) is 0 Å². The van der Waals surface area contributed by atoms with E-state index in [0.29, 0.717) is 45.1 Å². The Morgan fingerprint density at radius 3 is 2.62 bits per heavy atom. The predicted octanol–water partition coefficient (Wildman–Crippen LogP) is 4.40. The van der Waals surface area contributed by atoms with Crippen LogP contribution in [0.15, 0.2) is 71.6 Å². The number of carbonyl (C=O) groups is 2. The van der Waals surface area contributed by atoms with Crippen LogP contribution in [0.5, 0.6) is 0 Å². The first-order valence-corrected chi connectivity index (χ1v) is 14.0. The van der Waals surface area contributed by atoms with Gasteiger partial charge >= 0.3 is 0 Å². The smallest absolute Gasteiger partial charge is 0.248 e. The van der Waals surface area contributed by atoms with Gasteiger partial charge in [-0.3, -0.25) is 9.59 Å². The van der Waals surface area contributed by atoms with E-state index in [-0.39, 0.29) is 24.4 Å². The van der Waals surface area contributed by atoms with Crippen LogP contribution in [-0.2, 0) is 16.1 Å². The molecule has 5 aromatic rings. The summed E-state index contributed by atoms with van der Waals surface area (Å²) in [6.07, 6.45) is 3.94. The van der Waals surface area contributed by atoms with Crippen LogP contribution in [0, 0.1) is 5.92 Å². The molecule has 2 fully saturated rings. The molecule has 3 atom stereocenters. The van der Waals surface area contributed by atoms with Crippen molar-refractivity contribution >= 4 is 61.4 Å². The highest BCUT2D eigenvalue weighted by atomic mass is 79.9. The lowest BCUT2D eigenvalue weighted by molar-refractivity contribution is -0.140. The van der Waals surface area contributed by atoms with Gasteiger partial charge in [-0.15, -0.1) is 0 Å². The van der Waals surface area contributed by atoms with Gasteiger partial charge < -0.3 is 20.5 Å². The zero-order valence-corrected chi connectivity index (χ0v) is 23.0. The number of hydrogen-bond donors (Lipinski definition) is 2. The van der Waals surface area contributed by atoms with E-state index in [9.17, 15) is 9.59 Å². The van der Waals surface area contributed by atoms with E-state index < -0.39 is 6.04 Å². The quantitative estimate of drug-likeness (QED) is 0.287. The van der Waals surface area contributed by atoms with Crippen molar-refractivity contribution in [3.8, 4) is 11.3 Å². The van der Waals surface area contributed by atoms with Crippen molar-refractivity contribution in [3.05, 3.63) is 71.6 Å². The Morgan fingerprint density at radius 1 is 1.00 bits per heavy atom. The molecule has 0 bridgehead atoms. The maximum Gasteiger partial charge on any atom is 0.248 e. The molecule has 1 saturated heterocycles. The minimum absolute atomic E-state index is 0.00491. The van der Waals surface area contributed by atoms with E-state index in [1.54, 1.807) is 23.1 Å². The molecule has 200 valence electrons. The number of nitrogen functional groups attached to an aromatic ring is 1. The van der Waals surface area contributed by atoms with Gasteiger partial charge in [-0.05, 0) is 65.4 Å². The van der Waals surface area contributed by atoms with Crippen molar-refractivity contribution in [1.82, 2.24) is 29.4 Å². The van der Waals surface area contributed by atoms with Crippen molar-refractivity contribution in [2.24, 2.45) is 5.92 Å². The van der Waals surface area contributed by atoms with Crippen LogP contribution < -0.4 is 11.1 Å². The second-order valence-electron chi connectivity index (χ2n) is 10.3. The fourth-order valence-electron chi connectivity index (χ4n) is 6.04. The lowest BCUT2D eigenvalue weighted by Crippen LogP contribution is -2.50. The summed E-state index contributed by atoms with van der Waals surface area (Å²) in [7, 11) is 0. The number of fused-ring (bicyclic) bond motifs is 4. The van der Waals surface area contributed by atoms with Gasteiger partial charge in [0.25, 0.3) is 0 Å². The first-order chi connectivity index (χ1) is 19.5. The Bertz CT molecular complexity index is 1790. The lowest BCUT2D eigenvalue weighted by Gasteiger charge is -2.37. The number of halogens is 1. The summed E-state index contributed by atoms with van der Waals surface area (Å²) < 4.78 is 2.46. The Hall–Kier alpha value is -4.38. The number of nitrogens with two attached hydrogens (primary N) is 1. The summed E-state index contributed by atoms with van der Waals surface area (Å²) >= 11 is 3.34. The number of amides is 2. The van der Waals surface area contributed by atoms with Crippen molar-refractivity contribution < 1.29 is 9.59 Å². The Morgan fingerprint density at radius 2 is 1.85 bits per heavy atom. The fraction of sp³-hybridized carbons (Fsp3) is 0.241. The molecule has 2 aliphatic rings. The molecule has 1 aliphatic carbocycles. The number of likely N-dealkylation sites (tertiary alicyclic amines) is 1. The number of hydrogen-bond acceptors (Lipinski definition) is 7. The van der Waals surface area contributed by atoms with E-state index in [2.05, 4.69) is 36.2 Å². The zero-order chi connectivity index (χ0) is 27.4.